The van der Waals surface area contributed by atoms with E-state index in [1.165, 1.54) is 26.7 Å². The van der Waals surface area contributed by atoms with Crippen LogP contribution in [-0.2, 0) is 34.3 Å². The number of benzene rings is 1. The second-order valence-electron chi connectivity index (χ2n) is 4.68. The Bertz CT molecular complexity index is 600. The summed E-state index contributed by atoms with van der Waals surface area (Å²) >= 11 is 0. The first-order valence-corrected chi connectivity index (χ1v) is 8.08. The Balaban J connectivity index is 2.60. The van der Waals surface area contributed by atoms with Crippen LogP contribution >= 0.6 is 7.82 Å². The minimum absolute atomic E-state index is 0.0807. The summed E-state index contributed by atoms with van der Waals surface area (Å²) < 4.78 is 31.0. The van der Waals surface area contributed by atoms with E-state index in [0.717, 1.165) is 17.2 Å². The summed E-state index contributed by atoms with van der Waals surface area (Å²) in [6.07, 6.45) is 1.09. The maximum absolute atomic E-state index is 11.7. The molecule has 0 aliphatic carbocycles. The van der Waals surface area contributed by atoms with Crippen LogP contribution in [0, 0.1) is 13.8 Å². The zero-order valence-corrected chi connectivity index (χ0v) is 14.3. The van der Waals surface area contributed by atoms with Gasteiger partial charge in [-0.1, -0.05) is 18.2 Å². The summed E-state index contributed by atoms with van der Waals surface area (Å²) in [5.41, 5.74) is 3.20. The number of carbonyl (C=O) groups is 1. The van der Waals surface area contributed by atoms with Gasteiger partial charge in [0.1, 0.15) is 12.4 Å². The Morgan fingerprint density at radius 1 is 1.18 bits per heavy atom. The molecule has 6 nitrogen and oxygen atoms in total. The molecule has 22 heavy (non-hydrogen) atoms. The summed E-state index contributed by atoms with van der Waals surface area (Å²) in [6.45, 7) is 5.61. The SMILES string of the molecule is COP(=O)(OC)O/C(C)=C/C(=O)OCc1ccc(C)c(C)c1. The maximum Gasteiger partial charge on any atom is 0.529 e. The molecule has 122 valence electrons. The molecule has 0 spiro atoms. The van der Waals surface area contributed by atoms with Gasteiger partial charge in [-0.15, -0.1) is 0 Å². The molecule has 1 aromatic rings. The lowest BCUT2D eigenvalue weighted by atomic mass is 10.1. The van der Waals surface area contributed by atoms with Gasteiger partial charge < -0.3 is 9.26 Å². The topological polar surface area (TPSA) is 71.1 Å². The van der Waals surface area contributed by atoms with Crippen molar-refractivity contribution in [2.45, 2.75) is 27.4 Å². The molecule has 0 radical (unpaired) electrons. The van der Waals surface area contributed by atoms with Gasteiger partial charge in [-0.2, -0.15) is 0 Å². The number of carbonyl (C=O) groups excluding carboxylic acids is 1. The maximum atomic E-state index is 11.7. The van der Waals surface area contributed by atoms with Gasteiger partial charge in [-0.25, -0.2) is 9.36 Å². The molecular weight excluding hydrogens is 307 g/mol. The molecule has 7 heteroatoms. The van der Waals surface area contributed by atoms with E-state index in [1.807, 2.05) is 32.0 Å². The van der Waals surface area contributed by atoms with Gasteiger partial charge in [0.25, 0.3) is 0 Å². The first-order chi connectivity index (χ1) is 10.3. The number of ether oxygens (including phenoxy) is 1. The van der Waals surface area contributed by atoms with Crippen molar-refractivity contribution >= 4 is 13.8 Å². The molecular formula is C15H21O6P. The molecule has 0 aromatic heterocycles. The van der Waals surface area contributed by atoms with Crippen molar-refractivity contribution in [3.8, 4) is 0 Å². The number of phosphoric ester groups is 1. The standard InChI is InChI=1S/C15H21O6P/c1-11-6-7-14(8-12(11)2)10-20-15(16)9-13(3)21-22(17,18-4)19-5/h6-9H,10H2,1-5H3/b13-9+. The predicted molar refractivity (Wildman–Crippen MR) is 82.2 cm³/mol. The Kier molecular flexibility index (Phi) is 6.81. The largest absolute Gasteiger partial charge is 0.529 e. The van der Waals surface area contributed by atoms with Gasteiger partial charge in [0, 0.05) is 14.2 Å². The van der Waals surface area contributed by atoms with Gasteiger partial charge in [0.2, 0.25) is 0 Å². The van der Waals surface area contributed by atoms with Crippen molar-refractivity contribution < 1.29 is 27.7 Å². The highest BCUT2D eigenvalue weighted by Crippen LogP contribution is 2.49. The predicted octanol–water partition coefficient (Wildman–Crippen LogP) is 3.67. The van der Waals surface area contributed by atoms with E-state index < -0.39 is 13.8 Å². The van der Waals surface area contributed by atoms with Crippen molar-refractivity contribution in [2.24, 2.45) is 0 Å². The van der Waals surface area contributed by atoms with E-state index in [1.54, 1.807) is 0 Å². The van der Waals surface area contributed by atoms with Crippen molar-refractivity contribution in [1.82, 2.24) is 0 Å². The third kappa shape index (κ3) is 5.64. The van der Waals surface area contributed by atoms with Crippen LogP contribution in [-0.4, -0.2) is 20.2 Å². The normalized spacial score (nSPS) is 12.1. The van der Waals surface area contributed by atoms with Crippen molar-refractivity contribution in [2.75, 3.05) is 14.2 Å². The fraction of sp³-hybridized carbons (Fsp3) is 0.400. The lowest BCUT2D eigenvalue weighted by Crippen LogP contribution is -2.03. The quantitative estimate of drug-likeness (QED) is 0.329. The van der Waals surface area contributed by atoms with Crippen LogP contribution in [0.4, 0.5) is 0 Å². The number of esters is 1. The van der Waals surface area contributed by atoms with Crippen LogP contribution in [0.5, 0.6) is 0 Å². The van der Waals surface area contributed by atoms with Crippen molar-refractivity contribution in [3.63, 3.8) is 0 Å². The molecule has 0 atom stereocenters. The van der Waals surface area contributed by atoms with E-state index in [9.17, 15) is 9.36 Å². The van der Waals surface area contributed by atoms with E-state index in [-0.39, 0.29) is 12.4 Å². The molecule has 0 amide bonds. The molecule has 0 N–H and O–H groups in total. The van der Waals surface area contributed by atoms with Gasteiger partial charge in [-0.3, -0.25) is 9.05 Å². The Morgan fingerprint density at radius 2 is 1.82 bits per heavy atom. The summed E-state index contributed by atoms with van der Waals surface area (Å²) in [6, 6.07) is 5.82. The lowest BCUT2D eigenvalue weighted by molar-refractivity contribution is -0.139. The monoisotopic (exact) mass is 328 g/mol. The zero-order valence-electron chi connectivity index (χ0n) is 13.4. The van der Waals surface area contributed by atoms with Crippen LogP contribution in [0.25, 0.3) is 0 Å². The van der Waals surface area contributed by atoms with E-state index in [0.29, 0.717) is 0 Å². The van der Waals surface area contributed by atoms with Crippen LogP contribution < -0.4 is 0 Å². The van der Waals surface area contributed by atoms with E-state index in [4.69, 9.17) is 9.26 Å². The molecule has 0 fully saturated rings. The summed E-state index contributed by atoms with van der Waals surface area (Å²) in [7, 11) is -1.28. The molecule has 1 aromatic carbocycles. The van der Waals surface area contributed by atoms with Gasteiger partial charge in [0.15, 0.2) is 0 Å². The smallest absolute Gasteiger partial charge is 0.458 e. The van der Waals surface area contributed by atoms with Gasteiger partial charge in [0.05, 0.1) is 6.08 Å². The molecule has 0 saturated carbocycles. The molecule has 0 heterocycles. The van der Waals surface area contributed by atoms with Crippen LogP contribution in [0.3, 0.4) is 0 Å². The lowest BCUT2D eigenvalue weighted by Gasteiger charge is -2.14. The highest BCUT2D eigenvalue weighted by molar-refractivity contribution is 7.48. The number of hydrogen-bond donors (Lipinski definition) is 0. The average Bonchev–Trinajstić information content (AvgIpc) is 2.48. The second kappa shape index (κ2) is 8.13. The number of aryl methyl sites for hydroxylation is 2. The minimum Gasteiger partial charge on any atom is -0.458 e. The molecule has 0 saturated heterocycles. The average molecular weight is 328 g/mol. The second-order valence-corrected chi connectivity index (χ2v) is 6.49. The summed E-state index contributed by atoms with van der Waals surface area (Å²) in [4.78, 5) is 11.7. The summed E-state index contributed by atoms with van der Waals surface area (Å²) in [5, 5.41) is 0. The molecule has 1 rings (SSSR count). The third-order valence-corrected chi connectivity index (χ3v) is 4.38. The molecule has 0 aliphatic rings. The Labute approximate surface area is 130 Å². The van der Waals surface area contributed by atoms with Crippen molar-refractivity contribution in [1.29, 1.82) is 0 Å². The highest BCUT2D eigenvalue weighted by atomic mass is 31.2. The fourth-order valence-electron chi connectivity index (χ4n) is 1.61. The van der Waals surface area contributed by atoms with Crippen LogP contribution in [0.2, 0.25) is 0 Å². The van der Waals surface area contributed by atoms with Gasteiger partial charge in [-0.05, 0) is 37.5 Å². The summed E-state index contributed by atoms with van der Waals surface area (Å²) in [5.74, 6) is -0.522. The van der Waals surface area contributed by atoms with E-state index in [2.05, 4.69) is 9.05 Å². The minimum atomic E-state index is -3.66. The third-order valence-electron chi connectivity index (χ3n) is 2.98. The first-order valence-electron chi connectivity index (χ1n) is 6.62. The first kappa shape index (κ1) is 18.4. The van der Waals surface area contributed by atoms with Crippen LogP contribution in [0.15, 0.2) is 30.0 Å². The Hall–Kier alpha value is -1.62. The molecule has 0 unspecified atom stereocenters. The van der Waals surface area contributed by atoms with Crippen LogP contribution in [0.1, 0.15) is 23.6 Å². The zero-order chi connectivity index (χ0) is 16.8. The number of hydrogen-bond acceptors (Lipinski definition) is 6. The molecule has 0 aliphatic heterocycles. The number of rotatable bonds is 7. The molecule has 0 bridgehead atoms. The van der Waals surface area contributed by atoms with Gasteiger partial charge >= 0.3 is 13.8 Å². The van der Waals surface area contributed by atoms with Crippen molar-refractivity contribution in [3.05, 3.63) is 46.7 Å². The fourth-order valence-corrected chi connectivity index (χ4v) is 2.31. The number of allylic oxidation sites excluding steroid dienone is 1. The van der Waals surface area contributed by atoms with E-state index >= 15 is 0 Å². The highest BCUT2D eigenvalue weighted by Gasteiger charge is 2.24. The Morgan fingerprint density at radius 3 is 2.36 bits per heavy atom. The number of phosphoric acid groups is 1.